The summed E-state index contributed by atoms with van der Waals surface area (Å²) in [5.74, 6) is 0.765. The van der Waals surface area contributed by atoms with Crippen molar-refractivity contribution >= 4 is 10.8 Å². The molecule has 0 radical (unpaired) electrons. The molecule has 4 rings (SSSR count). The van der Waals surface area contributed by atoms with Crippen molar-refractivity contribution in [1.29, 1.82) is 5.26 Å². The van der Waals surface area contributed by atoms with Crippen LogP contribution in [0, 0.1) is 11.3 Å². The standard InChI is InChI=1S/C21H19N3O4/c1-21(2)18(25)17(15-10-12(11-22)8-9-16(15)28-21)27-19-13-6-4-5-7-14(13)20(26)24(3)23-19/h4-10,17-18,25H,1-3H3/t17-,18+/m0/s1. The number of aromatic nitrogens is 2. The fraction of sp³-hybridized carbons (Fsp3) is 0.286. The Bertz CT molecular complexity index is 1180. The Morgan fingerprint density at radius 1 is 1.25 bits per heavy atom. The second-order valence-corrected chi connectivity index (χ2v) is 7.33. The lowest BCUT2D eigenvalue weighted by atomic mass is 9.87. The van der Waals surface area contributed by atoms with E-state index in [2.05, 4.69) is 11.2 Å². The number of nitrogens with zero attached hydrogens (tertiary/aromatic N) is 3. The summed E-state index contributed by atoms with van der Waals surface area (Å²) >= 11 is 0. The minimum absolute atomic E-state index is 0.229. The lowest BCUT2D eigenvalue weighted by Gasteiger charge is -2.41. The van der Waals surface area contributed by atoms with Crippen molar-refractivity contribution in [2.75, 3.05) is 0 Å². The van der Waals surface area contributed by atoms with Gasteiger partial charge < -0.3 is 14.6 Å². The predicted octanol–water partition coefficient (Wildman–Crippen LogP) is 2.46. The third kappa shape index (κ3) is 2.79. The van der Waals surface area contributed by atoms with Gasteiger partial charge in [0, 0.05) is 12.6 Å². The zero-order chi connectivity index (χ0) is 20.1. The van der Waals surface area contributed by atoms with Gasteiger partial charge >= 0.3 is 0 Å². The molecule has 2 heterocycles. The molecule has 0 saturated heterocycles. The van der Waals surface area contributed by atoms with E-state index in [4.69, 9.17) is 9.47 Å². The van der Waals surface area contributed by atoms with E-state index in [0.29, 0.717) is 27.6 Å². The maximum Gasteiger partial charge on any atom is 0.274 e. The molecule has 0 bridgehead atoms. The molecule has 2 atom stereocenters. The lowest BCUT2D eigenvalue weighted by Crippen LogP contribution is -2.50. The van der Waals surface area contributed by atoms with Gasteiger partial charge in [-0.2, -0.15) is 5.26 Å². The van der Waals surface area contributed by atoms with Gasteiger partial charge in [0.15, 0.2) is 6.10 Å². The maximum absolute atomic E-state index is 12.4. The van der Waals surface area contributed by atoms with Crippen LogP contribution in [0.15, 0.2) is 47.3 Å². The number of aliphatic hydroxyl groups is 1. The molecule has 142 valence electrons. The number of aryl methyl sites for hydroxylation is 1. The number of fused-ring (bicyclic) bond motifs is 2. The van der Waals surface area contributed by atoms with E-state index in [1.165, 1.54) is 4.68 Å². The number of rotatable bonds is 2. The van der Waals surface area contributed by atoms with Crippen LogP contribution in [0.5, 0.6) is 11.6 Å². The molecule has 7 heteroatoms. The molecule has 0 aliphatic carbocycles. The average molecular weight is 377 g/mol. The second-order valence-electron chi connectivity index (χ2n) is 7.33. The Morgan fingerprint density at radius 2 is 1.96 bits per heavy atom. The molecule has 1 N–H and O–H groups in total. The zero-order valence-electron chi connectivity index (χ0n) is 15.7. The van der Waals surface area contributed by atoms with E-state index in [1.807, 2.05) is 0 Å². The van der Waals surface area contributed by atoms with E-state index in [1.54, 1.807) is 63.4 Å². The molecular weight excluding hydrogens is 358 g/mol. The van der Waals surface area contributed by atoms with E-state index >= 15 is 0 Å². The molecule has 0 fully saturated rings. The first kappa shape index (κ1) is 18.0. The molecule has 7 nitrogen and oxygen atoms in total. The molecule has 28 heavy (non-hydrogen) atoms. The van der Waals surface area contributed by atoms with Crippen molar-refractivity contribution in [3.05, 3.63) is 63.9 Å². The van der Waals surface area contributed by atoms with Crippen LogP contribution < -0.4 is 15.0 Å². The fourth-order valence-electron chi connectivity index (χ4n) is 3.41. The van der Waals surface area contributed by atoms with Gasteiger partial charge in [0.1, 0.15) is 17.5 Å². The Balaban J connectivity index is 1.88. The largest absolute Gasteiger partial charge is 0.485 e. The average Bonchev–Trinajstić information content (AvgIpc) is 2.68. The Morgan fingerprint density at radius 3 is 2.68 bits per heavy atom. The Labute approximate surface area is 161 Å². The fourth-order valence-corrected chi connectivity index (χ4v) is 3.41. The second kappa shape index (κ2) is 6.36. The molecule has 0 unspecified atom stereocenters. The molecule has 0 spiro atoms. The molecule has 2 aromatic carbocycles. The summed E-state index contributed by atoms with van der Waals surface area (Å²) in [7, 11) is 1.55. The summed E-state index contributed by atoms with van der Waals surface area (Å²) in [6.07, 6.45) is -1.84. The van der Waals surface area contributed by atoms with E-state index in [0.717, 1.165) is 0 Å². The molecule has 1 aliphatic heterocycles. The first-order chi connectivity index (χ1) is 13.3. The van der Waals surface area contributed by atoms with Crippen molar-refractivity contribution in [3.8, 4) is 17.7 Å². The first-order valence-corrected chi connectivity index (χ1v) is 8.85. The summed E-state index contributed by atoms with van der Waals surface area (Å²) < 4.78 is 13.3. The third-order valence-corrected chi connectivity index (χ3v) is 4.98. The highest BCUT2D eigenvalue weighted by atomic mass is 16.5. The van der Waals surface area contributed by atoms with Crippen molar-refractivity contribution < 1.29 is 14.6 Å². The quantitative estimate of drug-likeness (QED) is 0.737. The smallest absolute Gasteiger partial charge is 0.274 e. The summed E-state index contributed by atoms with van der Waals surface area (Å²) in [6, 6.07) is 14.1. The third-order valence-electron chi connectivity index (χ3n) is 4.98. The van der Waals surface area contributed by atoms with E-state index < -0.39 is 17.8 Å². The highest BCUT2D eigenvalue weighted by Crippen LogP contribution is 2.42. The van der Waals surface area contributed by atoms with Gasteiger partial charge in [0.05, 0.1) is 22.4 Å². The monoisotopic (exact) mass is 377 g/mol. The molecule has 1 aliphatic rings. The Hall–Kier alpha value is -3.37. The van der Waals surface area contributed by atoms with Gasteiger partial charge in [-0.25, -0.2) is 4.68 Å². The van der Waals surface area contributed by atoms with Crippen LogP contribution in [0.2, 0.25) is 0 Å². The lowest BCUT2D eigenvalue weighted by molar-refractivity contribution is -0.104. The van der Waals surface area contributed by atoms with Gasteiger partial charge in [-0.1, -0.05) is 12.1 Å². The molecule has 3 aromatic rings. The molecule has 0 saturated carbocycles. The van der Waals surface area contributed by atoms with E-state index in [-0.39, 0.29) is 11.4 Å². The van der Waals surface area contributed by atoms with Crippen LogP contribution in [0.1, 0.15) is 31.1 Å². The van der Waals surface area contributed by atoms with E-state index in [9.17, 15) is 15.2 Å². The van der Waals surface area contributed by atoms with Crippen LogP contribution in [-0.2, 0) is 7.05 Å². The van der Waals surface area contributed by atoms with Crippen molar-refractivity contribution in [1.82, 2.24) is 9.78 Å². The number of hydrogen-bond donors (Lipinski definition) is 1. The van der Waals surface area contributed by atoms with Crippen molar-refractivity contribution in [2.45, 2.75) is 31.7 Å². The SMILES string of the molecule is Cn1nc(O[C@H]2c3cc(C#N)ccc3OC(C)(C)[C@@H]2O)c2ccccc2c1=O. The van der Waals surface area contributed by atoms with Gasteiger partial charge in [-0.3, -0.25) is 4.79 Å². The molecule has 1 aromatic heterocycles. The number of benzene rings is 2. The number of aliphatic hydroxyl groups excluding tert-OH is 1. The maximum atomic E-state index is 12.4. The van der Waals surface area contributed by atoms with Crippen LogP contribution in [-0.4, -0.2) is 26.6 Å². The summed E-state index contributed by atoms with van der Waals surface area (Å²) in [6.45, 7) is 3.53. The van der Waals surface area contributed by atoms with Gasteiger partial charge in [0.25, 0.3) is 5.56 Å². The number of ether oxygens (including phenoxy) is 2. The first-order valence-electron chi connectivity index (χ1n) is 8.85. The minimum atomic E-state index is -1.02. The van der Waals surface area contributed by atoms with Crippen LogP contribution >= 0.6 is 0 Å². The highest BCUT2D eigenvalue weighted by molar-refractivity contribution is 5.85. The Kier molecular flexibility index (Phi) is 4.09. The zero-order valence-corrected chi connectivity index (χ0v) is 15.7. The minimum Gasteiger partial charge on any atom is -0.485 e. The van der Waals surface area contributed by atoms with Gasteiger partial charge in [0.2, 0.25) is 5.88 Å². The van der Waals surface area contributed by atoms with Crippen molar-refractivity contribution in [3.63, 3.8) is 0 Å². The predicted molar refractivity (Wildman–Crippen MR) is 102 cm³/mol. The van der Waals surface area contributed by atoms with Crippen LogP contribution in [0.3, 0.4) is 0 Å². The van der Waals surface area contributed by atoms with Crippen molar-refractivity contribution in [2.24, 2.45) is 7.05 Å². The summed E-state index contributed by atoms with van der Waals surface area (Å²) in [5.41, 5.74) is -0.155. The van der Waals surface area contributed by atoms with Crippen LogP contribution in [0.25, 0.3) is 10.8 Å². The highest BCUT2D eigenvalue weighted by Gasteiger charge is 2.45. The molecule has 0 amide bonds. The van der Waals surface area contributed by atoms with Crippen LogP contribution in [0.4, 0.5) is 0 Å². The van der Waals surface area contributed by atoms with Gasteiger partial charge in [-0.15, -0.1) is 5.10 Å². The topological polar surface area (TPSA) is 97.4 Å². The summed E-state index contributed by atoms with van der Waals surface area (Å²) in [4.78, 5) is 12.4. The van der Waals surface area contributed by atoms with Gasteiger partial charge in [-0.05, 0) is 44.2 Å². The number of hydrogen-bond acceptors (Lipinski definition) is 6. The molecular formula is C21H19N3O4. The number of nitriles is 1. The normalized spacial score (nSPS) is 20.1. The summed E-state index contributed by atoms with van der Waals surface area (Å²) in [5, 5.41) is 25.5.